The zero-order valence-corrected chi connectivity index (χ0v) is 23.0. The van der Waals surface area contributed by atoms with E-state index in [0.29, 0.717) is 59.2 Å². The lowest BCUT2D eigenvalue weighted by molar-refractivity contribution is 0.295. The van der Waals surface area contributed by atoms with Gasteiger partial charge in [-0.15, -0.1) is 6.58 Å². The molecule has 5 aromatic rings. The summed E-state index contributed by atoms with van der Waals surface area (Å²) in [6, 6.07) is 18.5. The fraction of sp³-hybridized carbons (Fsp3) is 0.129. The number of allylic oxidation sites excluding steroid dienone is 1. The van der Waals surface area contributed by atoms with E-state index in [1.165, 1.54) is 4.68 Å². The summed E-state index contributed by atoms with van der Waals surface area (Å²) >= 11 is 3.49. The van der Waals surface area contributed by atoms with Gasteiger partial charge in [0.1, 0.15) is 12.2 Å². The molecular formula is C31H26BrN3O4. The average molecular weight is 584 g/mol. The van der Waals surface area contributed by atoms with Crippen molar-refractivity contribution < 1.29 is 13.9 Å². The summed E-state index contributed by atoms with van der Waals surface area (Å²) in [4.78, 5) is 18.4. The third-order valence-corrected chi connectivity index (χ3v) is 6.43. The second-order valence-corrected chi connectivity index (χ2v) is 9.56. The first-order valence-electron chi connectivity index (χ1n) is 12.4. The summed E-state index contributed by atoms with van der Waals surface area (Å²) in [5.41, 5.74) is 2.53. The number of ether oxygens (including phenoxy) is 2. The van der Waals surface area contributed by atoms with Crippen molar-refractivity contribution in [2.75, 3.05) is 13.2 Å². The van der Waals surface area contributed by atoms with Gasteiger partial charge in [0.05, 0.1) is 23.7 Å². The molecule has 0 N–H and O–H groups in total. The molecule has 0 amide bonds. The van der Waals surface area contributed by atoms with Gasteiger partial charge in [0, 0.05) is 15.4 Å². The largest absolute Gasteiger partial charge is 0.490 e. The number of nitrogens with zero attached hydrogens (tertiary/aromatic N) is 3. The van der Waals surface area contributed by atoms with Gasteiger partial charge in [-0.2, -0.15) is 9.78 Å². The highest BCUT2D eigenvalue weighted by Gasteiger charge is 2.17. The maximum absolute atomic E-state index is 13.6. The maximum Gasteiger partial charge on any atom is 0.282 e. The van der Waals surface area contributed by atoms with Crippen molar-refractivity contribution in [2.45, 2.75) is 13.3 Å². The molecule has 7 nitrogen and oxygen atoms in total. The Labute approximate surface area is 233 Å². The zero-order valence-electron chi connectivity index (χ0n) is 21.4. The van der Waals surface area contributed by atoms with Crippen LogP contribution in [0, 0.1) is 0 Å². The van der Waals surface area contributed by atoms with Crippen LogP contribution >= 0.6 is 15.9 Å². The Morgan fingerprint density at radius 3 is 2.72 bits per heavy atom. The van der Waals surface area contributed by atoms with Crippen LogP contribution in [0.2, 0.25) is 0 Å². The predicted octanol–water partition coefficient (Wildman–Crippen LogP) is 7.15. The van der Waals surface area contributed by atoms with Gasteiger partial charge >= 0.3 is 0 Å². The molecule has 0 aliphatic rings. The van der Waals surface area contributed by atoms with Gasteiger partial charge < -0.3 is 13.9 Å². The van der Waals surface area contributed by atoms with E-state index in [2.05, 4.69) is 34.2 Å². The third-order valence-electron chi connectivity index (χ3n) is 5.94. The first-order valence-corrected chi connectivity index (χ1v) is 13.2. The molecule has 3 aromatic carbocycles. The molecule has 0 spiro atoms. The maximum atomic E-state index is 13.6. The fourth-order valence-corrected chi connectivity index (χ4v) is 4.65. The number of halogens is 1. The molecule has 0 aliphatic heterocycles. The van der Waals surface area contributed by atoms with Crippen molar-refractivity contribution >= 4 is 44.0 Å². The Morgan fingerprint density at radius 1 is 1.08 bits per heavy atom. The van der Waals surface area contributed by atoms with Crippen molar-refractivity contribution in [1.29, 1.82) is 0 Å². The summed E-state index contributed by atoms with van der Waals surface area (Å²) in [5, 5.41) is 5.92. The van der Waals surface area contributed by atoms with Gasteiger partial charge in [0.25, 0.3) is 5.56 Å². The van der Waals surface area contributed by atoms with Crippen LogP contribution in [0.1, 0.15) is 18.1 Å². The average Bonchev–Trinajstić information content (AvgIpc) is 3.35. The molecule has 5 rings (SSSR count). The van der Waals surface area contributed by atoms with Gasteiger partial charge in [-0.05, 0) is 67.4 Å². The van der Waals surface area contributed by atoms with Gasteiger partial charge in [0.2, 0.25) is 5.82 Å². The van der Waals surface area contributed by atoms with Crippen LogP contribution in [0.15, 0.2) is 105 Å². The van der Waals surface area contributed by atoms with E-state index in [9.17, 15) is 4.79 Å². The monoisotopic (exact) mass is 583 g/mol. The number of fused-ring (bicyclic) bond motifs is 2. The summed E-state index contributed by atoms with van der Waals surface area (Å²) < 4.78 is 20.1. The number of hydrogen-bond donors (Lipinski definition) is 0. The van der Waals surface area contributed by atoms with Crippen LogP contribution < -0.4 is 15.0 Å². The standard InChI is InChI=1S/C31H26BrN3O4/c1-4-9-21-15-20(16-27(37-6-3)29(21)38-14-5-2)19-33-35-30(34-25-11-8-7-10-24(25)31(35)36)28-18-22-17-23(32)12-13-26(22)39-28/h4-5,7-8,10-13,15-19H,1-2,6,9,14H2,3H3. The van der Waals surface area contributed by atoms with E-state index in [4.69, 9.17) is 18.9 Å². The van der Waals surface area contributed by atoms with Crippen molar-refractivity contribution in [1.82, 2.24) is 9.66 Å². The second-order valence-electron chi connectivity index (χ2n) is 8.64. The predicted molar refractivity (Wildman–Crippen MR) is 159 cm³/mol. The number of hydrogen-bond acceptors (Lipinski definition) is 6. The molecule has 0 bridgehead atoms. The number of rotatable bonds is 10. The third kappa shape index (κ3) is 5.42. The molecule has 0 saturated carbocycles. The smallest absolute Gasteiger partial charge is 0.282 e. The molecule has 0 aliphatic carbocycles. The molecule has 2 heterocycles. The van der Waals surface area contributed by atoms with Crippen LogP contribution in [0.4, 0.5) is 0 Å². The van der Waals surface area contributed by atoms with Crippen LogP contribution in [0.3, 0.4) is 0 Å². The minimum Gasteiger partial charge on any atom is -0.490 e. The Bertz CT molecular complexity index is 1780. The molecule has 0 atom stereocenters. The van der Waals surface area contributed by atoms with E-state index >= 15 is 0 Å². The lowest BCUT2D eigenvalue weighted by Crippen LogP contribution is -2.20. The van der Waals surface area contributed by atoms with Crippen molar-refractivity contribution in [3.8, 4) is 23.1 Å². The summed E-state index contributed by atoms with van der Waals surface area (Å²) in [6.07, 6.45) is 5.64. The molecule has 8 heteroatoms. The SMILES string of the molecule is C=CCOc1c(CC=C)cc(C=Nn2c(-c3cc4cc(Br)ccc4o3)nc3ccccc3c2=O)cc1OCC. The molecule has 0 fully saturated rings. The van der Waals surface area contributed by atoms with Gasteiger partial charge in [0.15, 0.2) is 17.3 Å². The molecule has 196 valence electrons. The summed E-state index contributed by atoms with van der Waals surface area (Å²) in [5.74, 6) is 1.93. The Balaban J connectivity index is 1.67. The molecule has 2 aromatic heterocycles. The lowest BCUT2D eigenvalue weighted by Gasteiger charge is -2.16. The lowest BCUT2D eigenvalue weighted by atomic mass is 10.1. The van der Waals surface area contributed by atoms with E-state index in [1.54, 1.807) is 36.6 Å². The first-order chi connectivity index (χ1) is 19.0. The normalized spacial score (nSPS) is 11.3. The molecular weight excluding hydrogens is 558 g/mol. The van der Waals surface area contributed by atoms with Crippen molar-refractivity contribution in [3.05, 3.63) is 112 Å². The summed E-state index contributed by atoms with van der Waals surface area (Å²) in [7, 11) is 0. The highest BCUT2D eigenvalue weighted by atomic mass is 79.9. The first kappa shape index (κ1) is 26.2. The van der Waals surface area contributed by atoms with Crippen molar-refractivity contribution in [3.63, 3.8) is 0 Å². The van der Waals surface area contributed by atoms with E-state index in [1.807, 2.05) is 49.4 Å². The number of aromatic nitrogens is 2. The van der Waals surface area contributed by atoms with Crippen LogP contribution in [-0.2, 0) is 6.42 Å². The number of para-hydroxylation sites is 1. The number of furan rings is 1. The van der Waals surface area contributed by atoms with Crippen LogP contribution in [0.5, 0.6) is 11.5 Å². The van der Waals surface area contributed by atoms with Gasteiger partial charge in [-0.25, -0.2) is 4.98 Å². The van der Waals surface area contributed by atoms with Crippen molar-refractivity contribution in [2.24, 2.45) is 5.10 Å². The molecule has 39 heavy (non-hydrogen) atoms. The van der Waals surface area contributed by atoms with Gasteiger partial charge in [-0.1, -0.05) is 46.8 Å². The highest BCUT2D eigenvalue weighted by molar-refractivity contribution is 9.10. The molecule has 0 unspecified atom stereocenters. The Hall–Kier alpha value is -4.43. The minimum atomic E-state index is -0.309. The van der Waals surface area contributed by atoms with Crippen LogP contribution in [-0.4, -0.2) is 29.1 Å². The van der Waals surface area contributed by atoms with E-state index in [0.717, 1.165) is 21.0 Å². The van der Waals surface area contributed by atoms with Gasteiger partial charge in [-0.3, -0.25) is 4.79 Å². The quantitative estimate of drug-likeness (QED) is 0.129. The molecule has 0 radical (unpaired) electrons. The summed E-state index contributed by atoms with van der Waals surface area (Å²) in [6.45, 7) is 10.3. The topological polar surface area (TPSA) is 78.9 Å². The van der Waals surface area contributed by atoms with E-state index in [-0.39, 0.29) is 5.56 Å². The van der Waals surface area contributed by atoms with E-state index < -0.39 is 0 Å². The fourth-order valence-electron chi connectivity index (χ4n) is 4.27. The Morgan fingerprint density at radius 2 is 1.92 bits per heavy atom. The highest BCUT2D eigenvalue weighted by Crippen LogP contribution is 2.34. The minimum absolute atomic E-state index is 0.296. The van der Waals surface area contributed by atoms with Crippen LogP contribution in [0.25, 0.3) is 33.5 Å². The second kappa shape index (κ2) is 11.5. The number of benzene rings is 3. The Kier molecular flexibility index (Phi) is 7.74. The zero-order chi connectivity index (χ0) is 27.4. The molecule has 0 saturated heterocycles.